The maximum Gasteiger partial charge on any atom is 0.146 e. The zero-order chi connectivity index (χ0) is 17.8. The normalized spacial score (nSPS) is 18.2. The van der Waals surface area contributed by atoms with E-state index in [0.717, 1.165) is 55.6 Å². The summed E-state index contributed by atoms with van der Waals surface area (Å²) in [6, 6.07) is 14.3. The molecule has 0 aliphatic carbocycles. The molecular formula is C20H23N5O. The SMILES string of the molecule is C=C(N/N=C1/CCOc2cccnc21)N1CCN(c2ccccc2)CC1. The van der Waals surface area contributed by atoms with Crippen LogP contribution < -0.4 is 15.1 Å². The Kier molecular flexibility index (Phi) is 4.73. The van der Waals surface area contributed by atoms with Crippen molar-refractivity contribution in [1.29, 1.82) is 0 Å². The number of anilines is 1. The Balaban J connectivity index is 1.35. The molecule has 1 fully saturated rings. The van der Waals surface area contributed by atoms with Crippen LogP contribution >= 0.6 is 0 Å². The van der Waals surface area contributed by atoms with E-state index in [1.165, 1.54) is 5.69 Å². The predicted octanol–water partition coefficient (Wildman–Crippen LogP) is 2.45. The van der Waals surface area contributed by atoms with Crippen molar-refractivity contribution in [3.8, 4) is 5.75 Å². The first kappa shape index (κ1) is 16.4. The van der Waals surface area contributed by atoms with Crippen LogP contribution in [0.1, 0.15) is 12.1 Å². The molecule has 6 nitrogen and oxygen atoms in total. The number of rotatable bonds is 4. The number of pyridine rings is 1. The van der Waals surface area contributed by atoms with E-state index < -0.39 is 0 Å². The molecule has 6 heteroatoms. The molecule has 2 aliphatic heterocycles. The van der Waals surface area contributed by atoms with Crippen molar-refractivity contribution in [3.63, 3.8) is 0 Å². The average Bonchev–Trinajstić information content (AvgIpc) is 2.73. The van der Waals surface area contributed by atoms with Gasteiger partial charge in [0.05, 0.1) is 12.3 Å². The highest BCUT2D eigenvalue weighted by atomic mass is 16.5. The van der Waals surface area contributed by atoms with Gasteiger partial charge >= 0.3 is 0 Å². The van der Waals surface area contributed by atoms with Gasteiger partial charge in [0.15, 0.2) is 0 Å². The highest BCUT2D eigenvalue weighted by molar-refractivity contribution is 6.01. The molecule has 3 heterocycles. The fourth-order valence-corrected chi connectivity index (χ4v) is 3.28. The first-order chi connectivity index (χ1) is 12.8. The van der Waals surface area contributed by atoms with Crippen LogP contribution in [-0.4, -0.2) is 48.4 Å². The number of nitrogens with one attached hydrogen (secondary N) is 1. The van der Waals surface area contributed by atoms with Gasteiger partial charge in [-0.3, -0.25) is 10.4 Å². The van der Waals surface area contributed by atoms with E-state index in [-0.39, 0.29) is 0 Å². The molecule has 26 heavy (non-hydrogen) atoms. The van der Waals surface area contributed by atoms with Gasteiger partial charge in [0, 0.05) is 44.5 Å². The Morgan fingerprint density at radius 2 is 1.88 bits per heavy atom. The quantitative estimate of drug-likeness (QED) is 0.860. The second-order valence-electron chi connectivity index (χ2n) is 6.38. The molecule has 1 N–H and O–H groups in total. The Bertz CT molecular complexity index is 797. The Morgan fingerprint density at radius 3 is 2.69 bits per heavy atom. The van der Waals surface area contributed by atoms with E-state index in [0.29, 0.717) is 6.61 Å². The molecule has 1 aromatic carbocycles. The standard InChI is InChI=1S/C20H23N5O/c1-16(22-23-18-9-15-26-19-8-5-10-21-20(18)19)24-11-13-25(14-12-24)17-6-3-2-4-7-17/h2-8,10,22H,1,9,11-15H2/b23-18-. The van der Waals surface area contributed by atoms with Crippen molar-refractivity contribution >= 4 is 11.4 Å². The lowest BCUT2D eigenvalue weighted by Gasteiger charge is -2.37. The molecule has 4 rings (SSSR count). The van der Waals surface area contributed by atoms with Crippen LogP contribution in [0.4, 0.5) is 5.69 Å². The van der Waals surface area contributed by atoms with Gasteiger partial charge < -0.3 is 14.5 Å². The van der Waals surface area contributed by atoms with Crippen molar-refractivity contribution in [1.82, 2.24) is 15.3 Å². The summed E-state index contributed by atoms with van der Waals surface area (Å²) in [5, 5.41) is 4.55. The van der Waals surface area contributed by atoms with Gasteiger partial charge in [0.1, 0.15) is 17.3 Å². The van der Waals surface area contributed by atoms with Gasteiger partial charge in [-0.25, -0.2) is 0 Å². The highest BCUT2D eigenvalue weighted by Gasteiger charge is 2.20. The molecular weight excluding hydrogens is 326 g/mol. The maximum atomic E-state index is 5.62. The van der Waals surface area contributed by atoms with Crippen molar-refractivity contribution in [2.75, 3.05) is 37.7 Å². The highest BCUT2D eigenvalue weighted by Crippen LogP contribution is 2.22. The summed E-state index contributed by atoms with van der Waals surface area (Å²) in [5.41, 5.74) is 6.12. The number of piperazine rings is 1. The molecule has 2 aromatic rings. The van der Waals surface area contributed by atoms with E-state index in [4.69, 9.17) is 4.74 Å². The van der Waals surface area contributed by atoms with Crippen molar-refractivity contribution in [2.24, 2.45) is 5.10 Å². The summed E-state index contributed by atoms with van der Waals surface area (Å²) in [6.45, 7) is 8.56. The number of hydrazone groups is 1. The van der Waals surface area contributed by atoms with Crippen LogP contribution in [0.3, 0.4) is 0 Å². The molecule has 0 amide bonds. The number of aromatic nitrogens is 1. The summed E-state index contributed by atoms with van der Waals surface area (Å²) in [5.74, 6) is 1.62. The third-order valence-corrected chi connectivity index (χ3v) is 4.74. The van der Waals surface area contributed by atoms with Gasteiger partial charge in [-0.2, -0.15) is 5.10 Å². The number of benzene rings is 1. The minimum atomic E-state index is 0.626. The Morgan fingerprint density at radius 1 is 1.08 bits per heavy atom. The number of fused-ring (bicyclic) bond motifs is 1. The van der Waals surface area contributed by atoms with E-state index in [2.05, 4.69) is 56.2 Å². The molecule has 1 aromatic heterocycles. The van der Waals surface area contributed by atoms with Gasteiger partial charge in [-0.05, 0) is 24.3 Å². The topological polar surface area (TPSA) is 53.0 Å². The van der Waals surface area contributed by atoms with Gasteiger partial charge in [0.2, 0.25) is 0 Å². The first-order valence-corrected chi connectivity index (χ1v) is 8.96. The predicted molar refractivity (Wildman–Crippen MR) is 103 cm³/mol. The van der Waals surface area contributed by atoms with Crippen molar-refractivity contribution in [3.05, 3.63) is 66.8 Å². The van der Waals surface area contributed by atoms with Crippen LogP contribution in [0.25, 0.3) is 0 Å². The number of hydrogen-bond donors (Lipinski definition) is 1. The number of para-hydroxylation sites is 1. The van der Waals surface area contributed by atoms with E-state index >= 15 is 0 Å². The smallest absolute Gasteiger partial charge is 0.146 e. The molecule has 134 valence electrons. The van der Waals surface area contributed by atoms with E-state index in [9.17, 15) is 0 Å². The molecule has 0 unspecified atom stereocenters. The van der Waals surface area contributed by atoms with Crippen molar-refractivity contribution < 1.29 is 4.74 Å². The molecule has 0 radical (unpaired) electrons. The molecule has 0 saturated carbocycles. The number of ether oxygens (including phenoxy) is 1. The second kappa shape index (κ2) is 7.47. The molecule has 2 aliphatic rings. The fraction of sp³-hybridized carbons (Fsp3) is 0.300. The van der Waals surface area contributed by atoms with Crippen LogP contribution in [0, 0.1) is 0 Å². The van der Waals surface area contributed by atoms with E-state index in [1.54, 1.807) is 6.20 Å². The summed E-state index contributed by atoms with van der Waals surface area (Å²) in [6.07, 6.45) is 2.51. The van der Waals surface area contributed by atoms with Crippen LogP contribution in [-0.2, 0) is 0 Å². The van der Waals surface area contributed by atoms with E-state index in [1.807, 2.05) is 18.2 Å². The number of hydrogen-bond acceptors (Lipinski definition) is 6. The third kappa shape index (κ3) is 3.49. The van der Waals surface area contributed by atoms with Gasteiger partial charge in [0.25, 0.3) is 0 Å². The molecule has 0 bridgehead atoms. The summed E-state index contributed by atoms with van der Waals surface area (Å²) in [4.78, 5) is 9.02. The summed E-state index contributed by atoms with van der Waals surface area (Å²) in [7, 11) is 0. The zero-order valence-electron chi connectivity index (χ0n) is 14.8. The average molecular weight is 349 g/mol. The summed E-state index contributed by atoms with van der Waals surface area (Å²) >= 11 is 0. The third-order valence-electron chi connectivity index (χ3n) is 4.74. The lowest BCUT2D eigenvalue weighted by molar-refractivity contribution is 0.301. The molecule has 0 spiro atoms. The minimum Gasteiger partial charge on any atom is -0.491 e. The number of nitrogens with zero attached hydrogens (tertiary/aromatic N) is 4. The van der Waals surface area contributed by atoms with Crippen LogP contribution in [0.5, 0.6) is 5.75 Å². The molecule has 0 atom stereocenters. The Hall–Kier alpha value is -3.02. The van der Waals surface area contributed by atoms with Crippen LogP contribution in [0.15, 0.2) is 66.2 Å². The van der Waals surface area contributed by atoms with Crippen molar-refractivity contribution in [2.45, 2.75) is 6.42 Å². The zero-order valence-corrected chi connectivity index (χ0v) is 14.8. The van der Waals surface area contributed by atoms with Gasteiger partial charge in [-0.1, -0.05) is 24.8 Å². The van der Waals surface area contributed by atoms with Crippen LogP contribution in [0.2, 0.25) is 0 Å². The minimum absolute atomic E-state index is 0.626. The second-order valence-corrected chi connectivity index (χ2v) is 6.38. The summed E-state index contributed by atoms with van der Waals surface area (Å²) < 4.78 is 5.62. The maximum absolute atomic E-state index is 5.62. The first-order valence-electron chi connectivity index (χ1n) is 8.96. The largest absolute Gasteiger partial charge is 0.491 e. The van der Waals surface area contributed by atoms with Gasteiger partial charge in [-0.15, -0.1) is 0 Å². The lowest BCUT2D eigenvalue weighted by Crippen LogP contribution is -2.47. The Labute approximate surface area is 153 Å². The fourth-order valence-electron chi connectivity index (χ4n) is 3.28. The molecule has 1 saturated heterocycles. The monoisotopic (exact) mass is 349 g/mol. The lowest BCUT2D eigenvalue weighted by atomic mass is 10.1.